The lowest BCUT2D eigenvalue weighted by molar-refractivity contribution is -0.134. The summed E-state index contributed by atoms with van der Waals surface area (Å²) in [4.78, 5) is 11.8. The maximum Gasteiger partial charge on any atom is 0.311 e. The monoisotopic (exact) mass is 448 g/mol. The Morgan fingerprint density at radius 3 is 1.50 bits per heavy atom. The van der Waals surface area contributed by atoms with Gasteiger partial charge in [-0.05, 0) is 18.6 Å². The van der Waals surface area contributed by atoms with Gasteiger partial charge in [0.15, 0.2) is 11.5 Å². The van der Waals surface area contributed by atoms with E-state index >= 15 is 0 Å². The van der Waals surface area contributed by atoms with Gasteiger partial charge in [0, 0.05) is 12.5 Å². The minimum atomic E-state index is -0.363. The first-order chi connectivity index (χ1) is 15.6. The molecule has 0 aliphatic carbocycles. The third kappa shape index (κ3) is 16.0. The van der Waals surface area contributed by atoms with Crippen molar-refractivity contribution in [1.29, 1.82) is 0 Å². The quantitative estimate of drug-likeness (QED) is 0.0853. The summed E-state index contributed by atoms with van der Waals surface area (Å²) in [6.07, 6.45) is 25.5. The number of phenolic OH excluding ortho intramolecular Hbond substituents is 2. The smallest absolute Gasteiger partial charge is 0.311 e. The lowest BCUT2D eigenvalue weighted by Gasteiger charge is -2.07. The first-order valence-corrected chi connectivity index (χ1v) is 13.4. The summed E-state index contributed by atoms with van der Waals surface area (Å²) in [5, 5.41) is 19.0. The summed E-state index contributed by atoms with van der Waals surface area (Å²) >= 11 is 0. The molecule has 184 valence electrons. The van der Waals surface area contributed by atoms with Gasteiger partial charge in [-0.25, -0.2) is 0 Å². The lowest BCUT2D eigenvalue weighted by Crippen LogP contribution is -2.07. The molecule has 0 aliphatic heterocycles. The van der Waals surface area contributed by atoms with Gasteiger partial charge in [-0.2, -0.15) is 0 Å². The molecule has 0 unspecified atom stereocenters. The third-order valence-corrected chi connectivity index (χ3v) is 6.15. The Labute approximate surface area is 196 Å². The van der Waals surface area contributed by atoms with Gasteiger partial charge in [0.1, 0.15) is 5.75 Å². The van der Waals surface area contributed by atoms with Crippen molar-refractivity contribution in [1.82, 2.24) is 0 Å². The van der Waals surface area contributed by atoms with Gasteiger partial charge in [0.2, 0.25) is 0 Å². The number of esters is 1. The summed E-state index contributed by atoms with van der Waals surface area (Å²) < 4.78 is 5.11. The molecule has 0 amide bonds. The molecule has 0 saturated carbocycles. The fourth-order valence-corrected chi connectivity index (χ4v) is 4.11. The molecule has 2 N–H and O–H groups in total. The van der Waals surface area contributed by atoms with Crippen LogP contribution in [0, 0.1) is 0 Å². The molecule has 0 saturated heterocycles. The molecule has 1 rings (SSSR count). The first kappa shape index (κ1) is 28.3. The second-order valence-electron chi connectivity index (χ2n) is 9.24. The van der Waals surface area contributed by atoms with E-state index in [4.69, 9.17) is 4.74 Å². The van der Waals surface area contributed by atoms with Gasteiger partial charge in [-0.3, -0.25) is 4.79 Å². The SMILES string of the molecule is CCCCCCCCCCCCCCCCCCCCCC(=O)Oc1cc(O)ccc1O. The standard InChI is InChI=1S/C28H48O4/c1-2-3-4-5-6-7-8-9-10-11-12-13-14-15-16-17-18-19-20-21-28(31)32-27-24-25(29)22-23-26(27)30/h22-24,29-30H,2-21H2,1H3. The highest BCUT2D eigenvalue weighted by Gasteiger charge is 2.09. The second kappa shape index (κ2) is 19.9. The van der Waals surface area contributed by atoms with Gasteiger partial charge in [0.05, 0.1) is 0 Å². The molecule has 0 heterocycles. The third-order valence-electron chi connectivity index (χ3n) is 6.15. The van der Waals surface area contributed by atoms with E-state index in [9.17, 15) is 15.0 Å². The van der Waals surface area contributed by atoms with E-state index in [2.05, 4.69) is 6.92 Å². The highest BCUT2D eigenvalue weighted by Crippen LogP contribution is 2.30. The van der Waals surface area contributed by atoms with Gasteiger partial charge >= 0.3 is 5.97 Å². The Hall–Kier alpha value is -1.71. The number of hydrogen-bond donors (Lipinski definition) is 2. The second-order valence-corrected chi connectivity index (χ2v) is 9.24. The number of ether oxygens (including phenoxy) is 1. The topological polar surface area (TPSA) is 66.8 Å². The number of carbonyl (C=O) groups excluding carboxylic acids is 1. The van der Waals surface area contributed by atoms with Crippen LogP contribution in [-0.2, 0) is 4.79 Å². The van der Waals surface area contributed by atoms with Crippen LogP contribution in [0.15, 0.2) is 18.2 Å². The van der Waals surface area contributed by atoms with Crippen LogP contribution in [0.3, 0.4) is 0 Å². The van der Waals surface area contributed by atoms with Crippen LogP contribution in [0.4, 0.5) is 0 Å². The molecule has 0 atom stereocenters. The van der Waals surface area contributed by atoms with Crippen molar-refractivity contribution >= 4 is 5.97 Å². The van der Waals surface area contributed by atoms with Crippen molar-refractivity contribution in [2.24, 2.45) is 0 Å². The Morgan fingerprint density at radius 1 is 0.656 bits per heavy atom. The summed E-state index contributed by atoms with van der Waals surface area (Å²) in [7, 11) is 0. The minimum Gasteiger partial charge on any atom is -0.508 e. The average molecular weight is 449 g/mol. The zero-order valence-corrected chi connectivity index (χ0v) is 20.6. The highest BCUT2D eigenvalue weighted by molar-refractivity contribution is 5.73. The van der Waals surface area contributed by atoms with Crippen LogP contribution < -0.4 is 4.74 Å². The Morgan fingerprint density at radius 2 is 1.06 bits per heavy atom. The molecule has 32 heavy (non-hydrogen) atoms. The van der Waals surface area contributed by atoms with Gasteiger partial charge < -0.3 is 14.9 Å². The van der Waals surface area contributed by atoms with Crippen molar-refractivity contribution in [3.63, 3.8) is 0 Å². The Balaban J connectivity index is 1.80. The fraction of sp³-hybridized carbons (Fsp3) is 0.750. The van der Waals surface area contributed by atoms with Crippen LogP contribution >= 0.6 is 0 Å². The number of hydrogen-bond acceptors (Lipinski definition) is 4. The normalized spacial score (nSPS) is 11.0. The van der Waals surface area contributed by atoms with Crippen molar-refractivity contribution in [2.75, 3.05) is 0 Å². The van der Waals surface area contributed by atoms with Crippen LogP contribution in [-0.4, -0.2) is 16.2 Å². The largest absolute Gasteiger partial charge is 0.508 e. The molecule has 0 fully saturated rings. The van der Waals surface area contributed by atoms with Crippen molar-refractivity contribution in [3.8, 4) is 17.2 Å². The Kier molecular flexibility index (Phi) is 17.6. The van der Waals surface area contributed by atoms with E-state index in [-0.39, 0.29) is 23.2 Å². The predicted octanol–water partition coefficient (Wildman–Crippen LogP) is 8.83. The van der Waals surface area contributed by atoms with E-state index in [1.165, 1.54) is 121 Å². The molecular weight excluding hydrogens is 400 g/mol. The van der Waals surface area contributed by atoms with E-state index in [0.29, 0.717) is 6.42 Å². The molecule has 0 aliphatic rings. The minimum absolute atomic E-state index is 0.0211. The number of carbonyl (C=O) groups is 1. The molecule has 4 nitrogen and oxygen atoms in total. The van der Waals surface area contributed by atoms with Crippen LogP contribution in [0.2, 0.25) is 0 Å². The number of rotatable bonds is 21. The summed E-state index contributed by atoms with van der Waals surface area (Å²) in [5.41, 5.74) is 0. The molecule has 0 spiro atoms. The van der Waals surface area contributed by atoms with Crippen LogP contribution in [0.25, 0.3) is 0 Å². The molecule has 4 heteroatoms. The van der Waals surface area contributed by atoms with Crippen molar-refractivity contribution < 1.29 is 19.7 Å². The van der Waals surface area contributed by atoms with Crippen molar-refractivity contribution in [2.45, 2.75) is 135 Å². The molecule has 1 aromatic carbocycles. The summed E-state index contributed by atoms with van der Waals surface area (Å²) in [6.45, 7) is 2.28. The zero-order chi connectivity index (χ0) is 23.3. The summed E-state index contributed by atoms with van der Waals surface area (Å²) in [5.74, 6) is -0.510. The summed E-state index contributed by atoms with van der Waals surface area (Å²) in [6, 6.07) is 3.92. The van der Waals surface area contributed by atoms with Crippen LogP contribution in [0.5, 0.6) is 17.2 Å². The van der Waals surface area contributed by atoms with E-state index in [0.717, 1.165) is 19.3 Å². The van der Waals surface area contributed by atoms with Crippen LogP contribution in [0.1, 0.15) is 135 Å². The maximum absolute atomic E-state index is 11.8. The van der Waals surface area contributed by atoms with Gasteiger partial charge in [-0.15, -0.1) is 0 Å². The zero-order valence-electron chi connectivity index (χ0n) is 20.6. The van der Waals surface area contributed by atoms with Gasteiger partial charge in [0.25, 0.3) is 0 Å². The van der Waals surface area contributed by atoms with Crippen molar-refractivity contribution in [3.05, 3.63) is 18.2 Å². The van der Waals surface area contributed by atoms with E-state index < -0.39 is 0 Å². The van der Waals surface area contributed by atoms with E-state index in [1.807, 2.05) is 0 Å². The van der Waals surface area contributed by atoms with E-state index in [1.54, 1.807) is 0 Å². The fourth-order valence-electron chi connectivity index (χ4n) is 4.11. The molecule has 0 aromatic heterocycles. The number of benzene rings is 1. The Bertz CT molecular complexity index is 585. The molecule has 1 aromatic rings. The highest BCUT2D eigenvalue weighted by atomic mass is 16.5. The average Bonchev–Trinajstić information content (AvgIpc) is 2.78. The predicted molar refractivity (Wildman–Crippen MR) is 133 cm³/mol. The first-order valence-electron chi connectivity index (χ1n) is 13.4. The number of aromatic hydroxyl groups is 2. The molecule has 0 bridgehead atoms. The molecular formula is C28H48O4. The number of unbranched alkanes of at least 4 members (excludes halogenated alkanes) is 18. The maximum atomic E-state index is 11.8. The number of phenols is 2. The van der Waals surface area contributed by atoms with Gasteiger partial charge in [-0.1, -0.05) is 122 Å². The lowest BCUT2D eigenvalue weighted by atomic mass is 10.0. The molecule has 0 radical (unpaired) electrons.